The van der Waals surface area contributed by atoms with Crippen LogP contribution in [0.2, 0.25) is 5.02 Å². The second-order valence-electron chi connectivity index (χ2n) is 8.07. The first-order chi connectivity index (χ1) is 14.0. The standard InChI is InChI=1S/C22H27ClN2O4S/c1-14(13-29-5)24-19(27)12-25-20(11-18(26)22(2,3)4)30-17(21(25)28)10-15-6-8-16(23)9-7-15/h6-11,14H,12-13H2,1-5H3,(H,24,27)/b17-10-,20-11+/t14-/m0/s1. The predicted molar refractivity (Wildman–Crippen MR) is 121 cm³/mol. The Kier molecular flexibility index (Phi) is 8.18. The lowest BCUT2D eigenvalue weighted by Crippen LogP contribution is -2.42. The van der Waals surface area contributed by atoms with E-state index in [1.807, 2.05) is 27.7 Å². The van der Waals surface area contributed by atoms with Gasteiger partial charge in [0.25, 0.3) is 5.56 Å². The molecule has 0 aliphatic carbocycles. The normalized spacial score (nSPS) is 14.1. The Morgan fingerprint density at radius 2 is 1.90 bits per heavy atom. The number of ether oxygens (including phenoxy) is 1. The van der Waals surface area contributed by atoms with Crippen molar-refractivity contribution in [2.45, 2.75) is 40.3 Å². The third kappa shape index (κ3) is 6.65. The van der Waals surface area contributed by atoms with Crippen molar-refractivity contribution in [1.29, 1.82) is 0 Å². The van der Waals surface area contributed by atoms with Crippen molar-refractivity contribution in [3.05, 3.63) is 54.4 Å². The van der Waals surface area contributed by atoms with Crippen molar-refractivity contribution in [2.24, 2.45) is 5.41 Å². The predicted octanol–water partition coefficient (Wildman–Crippen LogP) is 1.94. The van der Waals surface area contributed by atoms with E-state index in [-0.39, 0.29) is 29.8 Å². The van der Waals surface area contributed by atoms with Crippen LogP contribution in [0.1, 0.15) is 33.3 Å². The molecule has 0 fully saturated rings. The average molecular weight is 451 g/mol. The van der Waals surface area contributed by atoms with Gasteiger partial charge in [0.1, 0.15) is 11.2 Å². The minimum atomic E-state index is -0.597. The number of Topliss-reactive ketones (excluding diaryl/α,β-unsaturated/α-hetero) is 1. The number of thiazole rings is 1. The van der Waals surface area contributed by atoms with Gasteiger partial charge in [-0.2, -0.15) is 0 Å². The summed E-state index contributed by atoms with van der Waals surface area (Å²) in [5.74, 6) is -0.445. The molecule has 0 radical (unpaired) electrons. The summed E-state index contributed by atoms with van der Waals surface area (Å²) >= 11 is 7.11. The molecule has 0 aliphatic heterocycles. The number of nitrogens with zero attached hydrogens (tertiary/aromatic N) is 1. The number of hydrogen-bond donors (Lipinski definition) is 1. The van der Waals surface area contributed by atoms with Gasteiger partial charge in [-0.15, -0.1) is 11.3 Å². The summed E-state index contributed by atoms with van der Waals surface area (Å²) in [6, 6.07) is 6.88. The number of methoxy groups -OCH3 is 1. The summed E-state index contributed by atoms with van der Waals surface area (Å²) in [5, 5.41) is 3.39. The Morgan fingerprint density at radius 1 is 1.27 bits per heavy atom. The Hall–Kier alpha value is -2.22. The summed E-state index contributed by atoms with van der Waals surface area (Å²) in [6.45, 7) is 7.42. The minimum Gasteiger partial charge on any atom is -0.383 e. The molecule has 1 aromatic heterocycles. The number of carbonyl (C=O) groups is 2. The van der Waals surface area contributed by atoms with E-state index < -0.39 is 5.41 Å². The first-order valence-corrected chi connectivity index (χ1v) is 10.7. The summed E-state index contributed by atoms with van der Waals surface area (Å²) in [5.41, 5.74) is -0.116. The zero-order chi connectivity index (χ0) is 22.5. The molecule has 30 heavy (non-hydrogen) atoms. The van der Waals surface area contributed by atoms with Crippen molar-refractivity contribution in [3.63, 3.8) is 0 Å². The Bertz CT molecular complexity index is 1080. The summed E-state index contributed by atoms with van der Waals surface area (Å²) in [7, 11) is 1.55. The molecule has 0 bridgehead atoms. The molecule has 1 aromatic carbocycles. The number of hydrogen-bond acceptors (Lipinski definition) is 5. The minimum absolute atomic E-state index is 0.122. The maximum absolute atomic E-state index is 13.0. The van der Waals surface area contributed by atoms with Crippen molar-refractivity contribution in [1.82, 2.24) is 9.88 Å². The molecule has 0 saturated heterocycles. The third-order valence-corrected chi connectivity index (χ3v) is 5.54. The highest BCUT2D eigenvalue weighted by Gasteiger charge is 2.20. The molecular formula is C22H27ClN2O4S. The SMILES string of the molecule is COC[C@H](C)NC(=O)Cn1c(=O)/c(=C/c2ccc(Cl)cc2)s/c1=C/C(=O)C(C)(C)C. The van der Waals surface area contributed by atoms with Crippen molar-refractivity contribution in [3.8, 4) is 0 Å². The summed E-state index contributed by atoms with van der Waals surface area (Å²) < 4.78 is 7.24. The van der Waals surface area contributed by atoms with Gasteiger partial charge in [0.05, 0.1) is 11.1 Å². The highest BCUT2D eigenvalue weighted by molar-refractivity contribution is 7.07. The largest absolute Gasteiger partial charge is 0.383 e. The van der Waals surface area contributed by atoms with Crippen molar-refractivity contribution < 1.29 is 14.3 Å². The van der Waals surface area contributed by atoms with Gasteiger partial charge in [0.2, 0.25) is 5.91 Å². The van der Waals surface area contributed by atoms with E-state index in [1.54, 1.807) is 37.5 Å². The number of carbonyl (C=O) groups excluding carboxylic acids is 2. The number of nitrogens with one attached hydrogen (secondary N) is 1. The number of halogens is 1. The molecule has 1 atom stereocenters. The lowest BCUT2D eigenvalue weighted by molar-refractivity contribution is -0.123. The second kappa shape index (κ2) is 10.2. The quantitative estimate of drug-likeness (QED) is 0.699. The highest BCUT2D eigenvalue weighted by atomic mass is 35.5. The first-order valence-electron chi connectivity index (χ1n) is 9.52. The van der Waals surface area contributed by atoms with Crippen LogP contribution in [0.5, 0.6) is 0 Å². The van der Waals surface area contributed by atoms with Crippen LogP contribution in [0.25, 0.3) is 12.2 Å². The van der Waals surface area contributed by atoms with Crippen LogP contribution in [0.15, 0.2) is 29.1 Å². The fraction of sp³-hybridized carbons (Fsp3) is 0.409. The fourth-order valence-corrected chi connectivity index (χ4v) is 3.76. The average Bonchev–Trinajstić information content (AvgIpc) is 2.91. The zero-order valence-corrected chi connectivity index (χ0v) is 19.4. The number of benzene rings is 1. The topological polar surface area (TPSA) is 77.4 Å². The van der Waals surface area contributed by atoms with Crippen LogP contribution >= 0.6 is 22.9 Å². The van der Waals surface area contributed by atoms with Crippen LogP contribution in [-0.2, 0) is 20.9 Å². The molecule has 0 aliphatic rings. The van der Waals surface area contributed by atoms with Gasteiger partial charge in [0, 0.05) is 29.7 Å². The van der Waals surface area contributed by atoms with Crippen LogP contribution in [0.3, 0.4) is 0 Å². The lowest BCUT2D eigenvalue weighted by atomic mass is 9.91. The van der Waals surface area contributed by atoms with Gasteiger partial charge >= 0.3 is 0 Å². The molecule has 2 rings (SSSR count). The fourth-order valence-electron chi connectivity index (χ4n) is 2.59. The monoisotopic (exact) mass is 450 g/mol. The molecule has 1 heterocycles. The molecule has 162 valence electrons. The van der Waals surface area contributed by atoms with Gasteiger partial charge in [-0.05, 0) is 30.7 Å². The molecule has 0 unspecified atom stereocenters. The van der Waals surface area contributed by atoms with Gasteiger partial charge in [0.15, 0.2) is 5.78 Å². The first kappa shape index (κ1) is 24.1. The van der Waals surface area contributed by atoms with E-state index in [0.29, 0.717) is 20.8 Å². The number of ketones is 1. The van der Waals surface area contributed by atoms with Crippen LogP contribution in [0, 0.1) is 5.41 Å². The Balaban J connectivity index is 2.52. The smallest absolute Gasteiger partial charge is 0.269 e. The summed E-state index contributed by atoms with van der Waals surface area (Å²) in [6.07, 6.45) is 3.17. The van der Waals surface area contributed by atoms with Gasteiger partial charge in [-0.1, -0.05) is 44.5 Å². The lowest BCUT2D eigenvalue weighted by Gasteiger charge is -2.14. The summed E-state index contributed by atoms with van der Waals surface area (Å²) in [4.78, 5) is 38.0. The van der Waals surface area contributed by atoms with E-state index in [0.717, 1.165) is 5.56 Å². The maximum atomic E-state index is 13.0. The molecular weight excluding hydrogens is 424 g/mol. The highest BCUT2D eigenvalue weighted by Crippen LogP contribution is 2.15. The van der Waals surface area contributed by atoms with E-state index >= 15 is 0 Å². The number of aromatic nitrogens is 1. The molecule has 2 aromatic rings. The van der Waals surface area contributed by atoms with E-state index in [9.17, 15) is 14.4 Å². The van der Waals surface area contributed by atoms with E-state index in [2.05, 4.69) is 5.32 Å². The maximum Gasteiger partial charge on any atom is 0.269 e. The van der Waals surface area contributed by atoms with Gasteiger partial charge < -0.3 is 10.1 Å². The molecule has 0 spiro atoms. The number of rotatable bonds is 7. The second-order valence-corrected chi connectivity index (χ2v) is 9.57. The van der Waals surface area contributed by atoms with Crippen molar-refractivity contribution >= 4 is 46.8 Å². The van der Waals surface area contributed by atoms with Gasteiger partial charge in [-0.25, -0.2) is 0 Å². The molecule has 1 amide bonds. The van der Waals surface area contributed by atoms with E-state index in [1.165, 1.54) is 22.0 Å². The molecule has 8 heteroatoms. The van der Waals surface area contributed by atoms with E-state index in [4.69, 9.17) is 16.3 Å². The Morgan fingerprint density at radius 3 is 2.47 bits per heavy atom. The molecule has 6 nitrogen and oxygen atoms in total. The van der Waals surface area contributed by atoms with Crippen LogP contribution in [0.4, 0.5) is 0 Å². The van der Waals surface area contributed by atoms with Gasteiger partial charge in [-0.3, -0.25) is 19.0 Å². The van der Waals surface area contributed by atoms with Crippen molar-refractivity contribution in [2.75, 3.05) is 13.7 Å². The molecule has 0 saturated carbocycles. The molecule has 1 N–H and O–H groups in total. The van der Waals surface area contributed by atoms with Crippen LogP contribution < -0.4 is 20.1 Å². The third-order valence-electron chi connectivity index (χ3n) is 4.22. The Labute approximate surface area is 184 Å². The number of amides is 1. The van der Waals surface area contributed by atoms with Crippen LogP contribution in [-0.4, -0.2) is 36.0 Å². The zero-order valence-electron chi connectivity index (χ0n) is 17.8.